The van der Waals surface area contributed by atoms with Gasteiger partial charge in [0, 0.05) is 20.1 Å². The fourth-order valence-corrected chi connectivity index (χ4v) is 1.36. The minimum atomic E-state index is -1.52. The quantitative estimate of drug-likeness (QED) is 0.626. The van der Waals surface area contributed by atoms with Gasteiger partial charge in [0.15, 0.2) is 0 Å². The first-order chi connectivity index (χ1) is 5.57. The van der Waals surface area contributed by atoms with Crippen molar-refractivity contribution in [1.29, 1.82) is 0 Å². The van der Waals surface area contributed by atoms with Gasteiger partial charge in [-0.3, -0.25) is 4.79 Å². The van der Waals surface area contributed by atoms with E-state index in [1.165, 1.54) is 7.11 Å². The first kappa shape index (κ1) is 9.41. The van der Waals surface area contributed by atoms with Crippen molar-refractivity contribution in [3.05, 3.63) is 0 Å². The van der Waals surface area contributed by atoms with Gasteiger partial charge in [-0.15, -0.1) is 0 Å². The van der Waals surface area contributed by atoms with Gasteiger partial charge in [-0.1, -0.05) is 0 Å². The van der Waals surface area contributed by atoms with Gasteiger partial charge in [0.25, 0.3) is 0 Å². The molecule has 1 aliphatic rings. The average Bonchev–Trinajstić information content (AvgIpc) is 2.33. The summed E-state index contributed by atoms with van der Waals surface area (Å²) in [4.78, 5) is 10.4. The maximum absolute atomic E-state index is 13.5. The second kappa shape index (κ2) is 3.37. The second-order valence-corrected chi connectivity index (χ2v) is 3.06. The fourth-order valence-electron chi connectivity index (χ4n) is 1.36. The predicted octanol–water partition coefficient (Wildman–Crippen LogP) is -0.212. The number of alkyl halides is 1. The highest BCUT2D eigenvalue weighted by atomic mass is 19.1. The number of carbonyl (C=O) groups is 1. The van der Waals surface area contributed by atoms with E-state index >= 15 is 0 Å². The largest absolute Gasteiger partial charge is 0.480 e. The number of carboxylic acids is 1. The number of aliphatic carboxylic acids is 1. The standard InChI is InChI=1S/C7H12FNO3/c1-12-4-7(8)2-5(6(10)11)9-3-7/h5,9H,2-4H2,1H3,(H,10,11)/t5-,7+/m0/s1. The molecule has 0 amide bonds. The molecule has 2 atom stereocenters. The zero-order chi connectivity index (χ0) is 9.19. The van der Waals surface area contributed by atoms with Crippen molar-refractivity contribution in [2.45, 2.75) is 18.1 Å². The molecule has 1 fully saturated rings. The van der Waals surface area contributed by atoms with Crippen LogP contribution in [-0.2, 0) is 9.53 Å². The SMILES string of the molecule is COC[C@]1(F)CN[C@H](C(=O)O)C1. The van der Waals surface area contributed by atoms with E-state index in [2.05, 4.69) is 10.1 Å². The molecule has 1 saturated heterocycles. The van der Waals surface area contributed by atoms with Crippen molar-refractivity contribution in [1.82, 2.24) is 5.32 Å². The van der Waals surface area contributed by atoms with Crippen LogP contribution in [0.2, 0.25) is 0 Å². The summed E-state index contributed by atoms with van der Waals surface area (Å²) >= 11 is 0. The topological polar surface area (TPSA) is 58.6 Å². The van der Waals surface area contributed by atoms with Gasteiger partial charge in [0.1, 0.15) is 11.7 Å². The summed E-state index contributed by atoms with van der Waals surface area (Å²) in [5.74, 6) is -1.01. The molecule has 2 N–H and O–H groups in total. The van der Waals surface area contributed by atoms with Gasteiger partial charge in [0.2, 0.25) is 0 Å². The van der Waals surface area contributed by atoms with Gasteiger partial charge in [-0.25, -0.2) is 4.39 Å². The van der Waals surface area contributed by atoms with Gasteiger partial charge in [-0.2, -0.15) is 0 Å². The van der Waals surface area contributed by atoms with Crippen LogP contribution in [0, 0.1) is 0 Å². The molecule has 0 aromatic heterocycles. The van der Waals surface area contributed by atoms with Crippen LogP contribution in [0.15, 0.2) is 0 Å². The van der Waals surface area contributed by atoms with Crippen molar-refractivity contribution >= 4 is 5.97 Å². The van der Waals surface area contributed by atoms with E-state index in [-0.39, 0.29) is 19.6 Å². The zero-order valence-corrected chi connectivity index (χ0v) is 6.84. The van der Waals surface area contributed by atoms with Crippen LogP contribution in [0.25, 0.3) is 0 Å². The summed E-state index contributed by atoms with van der Waals surface area (Å²) in [6.07, 6.45) is -0.0177. The number of hydrogen-bond donors (Lipinski definition) is 2. The number of carboxylic acid groups (broad SMARTS) is 1. The first-order valence-corrected chi connectivity index (χ1v) is 3.71. The molecule has 1 heterocycles. The monoisotopic (exact) mass is 177 g/mol. The molecule has 0 bridgehead atoms. The molecule has 0 aromatic carbocycles. The van der Waals surface area contributed by atoms with Crippen LogP contribution in [0.5, 0.6) is 0 Å². The predicted molar refractivity (Wildman–Crippen MR) is 39.8 cm³/mol. The lowest BCUT2D eigenvalue weighted by Crippen LogP contribution is -2.31. The lowest BCUT2D eigenvalue weighted by molar-refractivity contribution is -0.139. The molecule has 12 heavy (non-hydrogen) atoms. The number of nitrogens with one attached hydrogen (secondary N) is 1. The molecule has 4 nitrogen and oxygen atoms in total. The van der Waals surface area contributed by atoms with E-state index in [0.717, 1.165) is 0 Å². The number of ether oxygens (including phenoxy) is 1. The highest BCUT2D eigenvalue weighted by Gasteiger charge is 2.42. The van der Waals surface area contributed by atoms with E-state index in [9.17, 15) is 9.18 Å². The molecule has 0 unspecified atom stereocenters. The minimum Gasteiger partial charge on any atom is -0.480 e. The molecule has 0 aromatic rings. The number of methoxy groups -OCH3 is 1. The summed E-state index contributed by atoms with van der Waals surface area (Å²) in [7, 11) is 1.40. The Labute approximate surface area is 69.7 Å². The van der Waals surface area contributed by atoms with Crippen LogP contribution < -0.4 is 5.32 Å². The Kier molecular flexibility index (Phi) is 2.64. The van der Waals surface area contributed by atoms with Gasteiger partial charge >= 0.3 is 5.97 Å². The van der Waals surface area contributed by atoms with Gasteiger partial charge in [-0.05, 0) is 0 Å². The Balaban J connectivity index is 2.48. The van der Waals surface area contributed by atoms with Crippen molar-refractivity contribution in [3.63, 3.8) is 0 Å². The zero-order valence-electron chi connectivity index (χ0n) is 6.84. The van der Waals surface area contributed by atoms with Crippen molar-refractivity contribution in [2.24, 2.45) is 0 Å². The number of hydrogen-bond acceptors (Lipinski definition) is 3. The van der Waals surface area contributed by atoms with E-state index < -0.39 is 17.7 Å². The normalized spacial score (nSPS) is 35.3. The summed E-state index contributed by atoms with van der Waals surface area (Å²) in [5, 5.41) is 11.1. The van der Waals surface area contributed by atoms with E-state index in [4.69, 9.17) is 5.11 Å². The molecular formula is C7H12FNO3. The molecule has 0 aliphatic carbocycles. The van der Waals surface area contributed by atoms with E-state index in [0.29, 0.717) is 0 Å². The fraction of sp³-hybridized carbons (Fsp3) is 0.857. The Morgan fingerprint density at radius 2 is 2.58 bits per heavy atom. The van der Waals surface area contributed by atoms with Crippen LogP contribution in [0.1, 0.15) is 6.42 Å². The molecule has 1 rings (SSSR count). The van der Waals surface area contributed by atoms with Crippen molar-refractivity contribution in [2.75, 3.05) is 20.3 Å². The number of rotatable bonds is 3. The van der Waals surface area contributed by atoms with Gasteiger partial charge < -0.3 is 15.2 Å². The lowest BCUT2D eigenvalue weighted by atomic mass is 10.0. The summed E-state index contributed by atoms with van der Waals surface area (Å²) in [6.45, 7) is 0.00157. The van der Waals surface area contributed by atoms with E-state index in [1.807, 2.05) is 0 Å². The Bertz CT molecular complexity index is 187. The van der Waals surface area contributed by atoms with Crippen molar-refractivity contribution < 1.29 is 19.0 Å². The Hall–Kier alpha value is -0.680. The first-order valence-electron chi connectivity index (χ1n) is 3.71. The lowest BCUT2D eigenvalue weighted by Gasteiger charge is -2.15. The van der Waals surface area contributed by atoms with Crippen LogP contribution in [0.4, 0.5) is 4.39 Å². The smallest absolute Gasteiger partial charge is 0.320 e. The third-order valence-electron chi connectivity index (χ3n) is 1.94. The summed E-state index contributed by atoms with van der Waals surface area (Å²) in [5.41, 5.74) is -1.52. The molecule has 0 spiro atoms. The van der Waals surface area contributed by atoms with Crippen LogP contribution in [0.3, 0.4) is 0 Å². The molecule has 70 valence electrons. The minimum absolute atomic E-state index is 0.0177. The molecule has 1 aliphatic heterocycles. The Morgan fingerprint density at radius 3 is 3.00 bits per heavy atom. The van der Waals surface area contributed by atoms with E-state index in [1.54, 1.807) is 0 Å². The molecule has 0 saturated carbocycles. The van der Waals surface area contributed by atoms with Crippen molar-refractivity contribution in [3.8, 4) is 0 Å². The maximum Gasteiger partial charge on any atom is 0.320 e. The average molecular weight is 177 g/mol. The molecular weight excluding hydrogens is 165 g/mol. The number of halogens is 1. The van der Waals surface area contributed by atoms with Crippen LogP contribution >= 0.6 is 0 Å². The third kappa shape index (κ3) is 1.92. The second-order valence-electron chi connectivity index (χ2n) is 3.06. The third-order valence-corrected chi connectivity index (χ3v) is 1.94. The highest BCUT2D eigenvalue weighted by Crippen LogP contribution is 2.24. The molecule has 0 radical (unpaired) electrons. The van der Waals surface area contributed by atoms with Gasteiger partial charge in [0.05, 0.1) is 6.61 Å². The Morgan fingerprint density at radius 1 is 1.92 bits per heavy atom. The van der Waals surface area contributed by atoms with Crippen LogP contribution in [-0.4, -0.2) is 43.0 Å². The summed E-state index contributed by atoms with van der Waals surface area (Å²) < 4.78 is 18.1. The maximum atomic E-state index is 13.5. The highest BCUT2D eigenvalue weighted by molar-refractivity contribution is 5.74. The molecule has 5 heteroatoms. The summed E-state index contributed by atoms with van der Waals surface area (Å²) in [6, 6.07) is -0.773.